The molecular formula is C76H66Ir4N8O7-4. The van der Waals surface area contributed by atoms with E-state index in [0.717, 1.165) is 96.5 Å². The molecule has 12 rings (SSSR count). The van der Waals surface area contributed by atoms with Gasteiger partial charge in [0.1, 0.15) is 28.7 Å². The number of aromatic nitrogens is 8. The summed E-state index contributed by atoms with van der Waals surface area (Å²) in [5.41, 5.74) is 11.9. The van der Waals surface area contributed by atoms with E-state index in [2.05, 4.69) is 79.9 Å². The summed E-state index contributed by atoms with van der Waals surface area (Å²) >= 11 is 0. The van der Waals surface area contributed by atoms with Crippen LogP contribution in [0.1, 0.15) is 65.2 Å². The van der Waals surface area contributed by atoms with Gasteiger partial charge in [0.15, 0.2) is 5.88 Å². The average molecular weight is 1970 g/mol. The molecule has 4 aromatic heterocycles. The van der Waals surface area contributed by atoms with Gasteiger partial charge in [0.05, 0.1) is 25.6 Å². The van der Waals surface area contributed by atoms with Gasteiger partial charge in [-0.3, -0.25) is 19.9 Å². The number of benzene rings is 8. The minimum atomic E-state index is -0.536. The summed E-state index contributed by atoms with van der Waals surface area (Å²) in [6.45, 7) is 16.3. The van der Waals surface area contributed by atoms with Crippen molar-refractivity contribution in [1.82, 2.24) is 39.9 Å². The number of carbonyl (C=O) groups is 1. The molecule has 492 valence electrons. The van der Waals surface area contributed by atoms with Crippen LogP contribution in [0.2, 0.25) is 0 Å². The molecule has 8 aromatic carbocycles. The Bertz CT molecular complexity index is 4290. The maximum atomic E-state index is 11.8. The minimum absolute atomic E-state index is 0. The molecule has 0 spiro atoms. The van der Waals surface area contributed by atoms with Crippen LogP contribution in [0, 0.1) is 58.9 Å². The van der Waals surface area contributed by atoms with Crippen LogP contribution in [0.25, 0.3) is 45.0 Å². The number of methoxy groups -OCH3 is 2. The predicted molar refractivity (Wildman–Crippen MR) is 352 cm³/mol. The second-order valence-electron chi connectivity index (χ2n) is 21.3. The Morgan fingerprint density at radius 1 is 0.421 bits per heavy atom. The minimum Gasteiger partial charge on any atom is -0.502 e. The van der Waals surface area contributed by atoms with Gasteiger partial charge < -0.3 is 43.4 Å². The summed E-state index contributed by atoms with van der Waals surface area (Å²) in [5.74, 6) is 6.07. The number of rotatable bonds is 14. The fourth-order valence-electron chi connectivity index (χ4n) is 8.84. The van der Waals surface area contributed by atoms with E-state index in [1.165, 1.54) is 19.5 Å². The maximum Gasteiger partial charge on any atom is 0.349 e. The van der Waals surface area contributed by atoms with Gasteiger partial charge in [-0.15, -0.1) is 107 Å². The zero-order valence-corrected chi connectivity index (χ0v) is 63.1. The first kappa shape index (κ1) is 76.9. The van der Waals surface area contributed by atoms with Gasteiger partial charge in [0.2, 0.25) is 0 Å². The number of hydrogen-bond acceptors (Lipinski definition) is 15. The molecule has 0 aliphatic rings. The van der Waals surface area contributed by atoms with E-state index in [-0.39, 0.29) is 91.5 Å². The molecule has 4 heterocycles. The molecule has 0 saturated carbocycles. The zero-order valence-electron chi connectivity index (χ0n) is 53.6. The summed E-state index contributed by atoms with van der Waals surface area (Å²) in [4.78, 5) is 46.7. The summed E-state index contributed by atoms with van der Waals surface area (Å²) in [6.07, 6.45) is 9.93. The maximum absolute atomic E-state index is 11.8. The Kier molecular flexibility index (Phi) is 30.7. The number of hydrogen-bond donors (Lipinski definition) is 0. The van der Waals surface area contributed by atoms with E-state index < -0.39 is 5.97 Å². The van der Waals surface area contributed by atoms with Crippen LogP contribution in [-0.4, -0.2) is 60.1 Å². The molecule has 0 unspecified atom stereocenters. The van der Waals surface area contributed by atoms with Crippen molar-refractivity contribution in [2.75, 3.05) is 14.2 Å². The number of carbonyl (C=O) groups excluding carboxylic acids is 1. The van der Waals surface area contributed by atoms with Crippen LogP contribution < -0.4 is 23.7 Å². The second-order valence-corrected chi connectivity index (χ2v) is 21.3. The third kappa shape index (κ3) is 22.1. The Balaban J connectivity index is 0.000000226. The first-order chi connectivity index (χ1) is 44.1. The van der Waals surface area contributed by atoms with Crippen LogP contribution in [0.5, 0.6) is 51.9 Å². The molecule has 0 amide bonds. The summed E-state index contributed by atoms with van der Waals surface area (Å²) in [5, 5.41) is 0. The monoisotopic (exact) mass is 1970 g/mol. The molecule has 0 aliphatic heterocycles. The average Bonchev–Trinajstić information content (AvgIpc) is 1.06. The number of nitrogens with zero attached hydrogens (tertiary/aromatic N) is 8. The molecule has 95 heavy (non-hydrogen) atoms. The van der Waals surface area contributed by atoms with E-state index in [4.69, 9.17) is 33.4 Å². The first-order valence-electron chi connectivity index (χ1n) is 29.0. The number of esters is 1. The van der Waals surface area contributed by atoms with E-state index in [1.807, 2.05) is 199 Å². The van der Waals surface area contributed by atoms with E-state index in [0.29, 0.717) is 34.3 Å². The molecule has 0 fully saturated rings. The van der Waals surface area contributed by atoms with Crippen molar-refractivity contribution in [1.29, 1.82) is 0 Å². The van der Waals surface area contributed by atoms with Crippen LogP contribution in [0.15, 0.2) is 219 Å². The molecule has 19 heteroatoms. The molecule has 12 aromatic rings. The van der Waals surface area contributed by atoms with Crippen LogP contribution in [0.4, 0.5) is 0 Å². The third-order valence-corrected chi connectivity index (χ3v) is 13.4. The molecular weight excluding hydrogens is 1910 g/mol. The van der Waals surface area contributed by atoms with Crippen LogP contribution >= 0.6 is 0 Å². The fraction of sp³-hybridized carbons (Fsp3) is 0.145. The first-order valence-corrected chi connectivity index (χ1v) is 29.0. The molecule has 0 N–H and O–H groups in total. The van der Waals surface area contributed by atoms with Crippen molar-refractivity contribution in [3.63, 3.8) is 0 Å². The topological polar surface area (TPSA) is 176 Å². The Morgan fingerprint density at radius 2 is 0.842 bits per heavy atom. The van der Waals surface area contributed by atoms with Gasteiger partial charge >= 0.3 is 5.97 Å². The van der Waals surface area contributed by atoms with Crippen molar-refractivity contribution >= 4 is 5.97 Å². The predicted octanol–water partition coefficient (Wildman–Crippen LogP) is 17.6. The molecule has 4 radical (unpaired) electrons. The van der Waals surface area contributed by atoms with E-state index >= 15 is 0 Å². The number of para-hydroxylation sites is 4. The normalized spacial score (nSPS) is 10.1. The van der Waals surface area contributed by atoms with Crippen molar-refractivity contribution in [3.05, 3.63) is 283 Å². The van der Waals surface area contributed by atoms with Crippen LogP contribution in [-0.2, 0) is 90.6 Å². The van der Waals surface area contributed by atoms with Crippen molar-refractivity contribution in [3.8, 4) is 96.9 Å². The SMILES string of the molecule is COC(=O)c1nccnc1-c1[c-]cc(Oc2ccccc2)cc1.COc1nc(C)cnc1-c1[c-]cc(Oc2ccccc2)cc1.Cc1[c-]c(-c2nccnc2C)cc(C)c1Oc1ccccc1.Cc1nc(C(C)(C)C)cnc1-c1[c-]cc(Oc2ccccc2)cc1.[Ir].[Ir].[Ir].[Ir]. The quantitative estimate of drug-likeness (QED) is 0.0742. The zero-order chi connectivity index (χ0) is 64.1. The summed E-state index contributed by atoms with van der Waals surface area (Å²) in [6, 6.07) is 70.0. The number of aryl methyl sites for hydroxylation is 5. The van der Waals surface area contributed by atoms with Gasteiger partial charge in [-0.1, -0.05) is 119 Å². The summed E-state index contributed by atoms with van der Waals surface area (Å²) < 4.78 is 33.2. The van der Waals surface area contributed by atoms with E-state index in [9.17, 15) is 4.79 Å². The smallest absolute Gasteiger partial charge is 0.349 e. The standard InChI is InChI=1S/C21H21N2O.C19H17N2O.C18H13N2O3.C18H15N2O2.4Ir/c1-15-20(22-14-19(23-15)21(2,3)4)16-10-12-18(13-11-16)24-17-8-6-5-7-9-17;1-13-11-16(18-15(3)20-9-10-21-18)12-14(2)19(13)22-17-7-5-4-6-8-17;1-22-18(21)17-16(19-11-12-20-17)13-7-9-15(10-8-13)23-14-5-3-2-4-6-14;1-13-12-19-17(18(20-13)21-2)14-8-10-16(11-9-14)22-15-6-4-3-5-7-15;;;;/h5-10,12-14H,1-4H3;4-11H,1-3H3;2-7,9-12H,1H3;3-8,10-12H,1-2H3;;;;/q4*-1;;;;. The van der Waals surface area contributed by atoms with Gasteiger partial charge in [-0.2, -0.15) is 0 Å². The molecule has 0 atom stereocenters. The largest absolute Gasteiger partial charge is 0.502 e. The second kappa shape index (κ2) is 37.9. The molecule has 0 saturated heterocycles. The van der Waals surface area contributed by atoms with Gasteiger partial charge in [0, 0.05) is 180 Å². The van der Waals surface area contributed by atoms with E-state index in [1.54, 1.807) is 50.0 Å². The van der Waals surface area contributed by atoms with Crippen molar-refractivity contribution in [2.24, 2.45) is 0 Å². The Hall–Kier alpha value is -8.85. The van der Waals surface area contributed by atoms with Gasteiger partial charge in [-0.05, 0) is 69.3 Å². The Labute approximate surface area is 609 Å². The van der Waals surface area contributed by atoms with Crippen molar-refractivity contribution in [2.45, 2.75) is 60.8 Å². The van der Waals surface area contributed by atoms with Gasteiger partial charge in [-0.25, -0.2) is 9.78 Å². The van der Waals surface area contributed by atoms with Crippen molar-refractivity contribution < 1.29 is 114 Å². The third-order valence-electron chi connectivity index (χ3n) is 13.4. The fourth-order valence-corrected chi connectivity index (χ4v) is 8.84. The number of ether oxygens (including phenoxy) is 6. The van der Waals surface area contributed by atoms with Gasteiger partial charge in [0.25, 0.3) is 0 Å². The summed E-state index contributed by atoms with van der Waals surface area (Å²) in [7, 11) is 2.89. The molecule has 0 aliphatic carbocycles. The van der Waals surface area contributed by atoms with Crippen LogP contribution in [0.3, 0.4) is 0 Å². The molecule has 15 nitrogen and oxygen atoms in total. The Morgan fingerprint density at radius 3 is 1.26 bits per heavy atom. The molecule has 0 bridgehead atoms.